The number of benzene rings is 1. The average molecular weight is 319 g/mol. The minimum atomic E-state index is -0.0955. The maximum absolute atomic E-state index is 11.4. The first-order valence-corrected chi connectivity index (χ1v) is 8.62. The molecule has 1 aromatic rings. The highest BCUT2D eigenvalue weighted by Gasteiger charge is 2.27. The smallest absolute Gasteiger partial charge is 0.305 e. The molecule has 1 N–H and O–H groups in total. The van der Waals surface area contributed by atoms with Crippen molar-refractivity contribution >= 4 is 11.7 Å². The van der Waals surface area contributed by atoms with Crippen LogP contribution in [0.15, 0.2) is 18.2 Å². The van der Waals surface area contributed by atoms with Crippen molar-refractivity contribution in [2.75, 3.05) is 18.6 Å². The van der Waals surface area contributed by atoms with E-state index < -0.39 is 0 Å². The largest absolute Gasteiger partial charge is 0.469 e. The van der Waals surface area contributed by atoms with E-state index in [4.69, 9.17) is 4.74 Å². The van der Waals surface area contributed by atoms with Gasteiger partial charge in [0, 0.05) is 30.3 Å². The van der Waals surface area contributed by atoms with Crippen LogP contribution in [0.3, 0.4) is 0 Å². The monoisotopic (exact) mass is 319 g/mol. The van der Waals surface area contributed by atoms with Crippen molar-refractivity contribution in [2.24, 2.45) is 5.92 Å². The zero-order valence-electron chi connectivity index (χ0n) is 14.5. The number of hydrogen-bond donors (Lipinski definition) is 1. The summed E-state index contributed by atoms with van der Waals surface area (Å²) in [5, 5.41) is 9.68. The SMILES string of the molecule is CCN(c1ccc(C)cc1CO)C1CCC(CC(=O)OC)CC1. The fourth-order valence-electron chi connectivity index (χ4n) is 3.73. The summed E-state index contributed by atoms with van der Waals surface area (Å²) in [6.45, 7) is 5.23. The second-order valence-electron chi connectivity index (χ2n) is 6.53. The summed E-state index contributed by atoms with van der Waals surface area (Å²) in [4.78, 5) is 13.8. The first-order valence-electron chi connectivity index (χ1n) is 8.62. The van der Waals surface area contributed by atoms with Crippen molar-refractivity contribution in [1.29, 1.82) is 0 Å². The molecular weight excluding hydrogens is 290 g/mol. The Morgan fingerprint density at radius 1 is 1.30 bits per heavy atom. The standard InChI is InChI=1S/C19H29NO3/c1-4-20(18-10-5-14(2)11-16(18)13-21)17-8-6-15(7-9-17)12-19(22)23-3/h5,10-11,15,17,21H,4,6-9,12-13H2,1-3H3. The van der Waals surface area contributed by atoms with Gasteiger partial charge in [-0.15, -0.1) is 0 Å². The highest BCUT2D eigenvalue weighted by Crippen LogP contribution is 2.33. The molecule has 23 heavy (non-hydrogen) atoms. The van der Waals surface area contributed by atoms with E-state index in [0.717, 1.165) is 43.5 Å². The van der Waals surface area contributed by atoms with Gasteiger partial charge in [0.15, 0.2) is 0 Å². The van der Waals surface area contributed by atoms with Gasteiger partial charge in [-0.1, -0.05) is 17.7 Å². The molecule has 0 aromatic heterocycles. The summed E-state index contributed by atoms with van der Waals surface area (Å²) in [5.74, 6) is 0.356. The van der Waals surface area contributed by atoms with Gasteiger partial charge in [-0.05, 0) is 51.5 Å². The van der Waals surface area contributed by atoms with E-state index in [1.807, 2.05) is 0 Å². The van der Waals surface area contributed by atoms with E-state index in [0.29, 0.717) is 18.4 Å². The Kier molecular flexibility index (Phi) is 6.46. The van der Waals surface area contributed by atoms with E-state index in [2.05, 4.69) is 36.9 Å². The first kappa shape index (κ1) is 17.8. The van der Waals surface area contributed by atoms with E-state index in [1.54, 1.807) is 0 Å². The Morgan fingerprint density at radius 2 is 2.00 bits per heavy atom. The Bertz CT molecular complexity index is 521. The van der Waals surface area contributed by atoms with Crippen LogP contribution in [0.5, 0.6) is 0 Å². The number of hydrogen-bond acceptors (Lipinski definition) is 4. The normalized spacial score (nSPS) is 21.0. The maximum Gasteiger partial charge on any atom is 0.305 e. The number of methoxy groups -OCH3 is 1. The number of rotatable bonds is 6. The molecule has 1 aromatic carbocycles. The molecule has 0 spiro atoms. The Balaban J connectivity index is 2.04. The van der Waals surface area contributed by atoms with E-state index in [9.17, 15) is 9.90 Å². The number of esters is 1. The van der Waals surface area contributed by atoms with Crippen molar-refractivity contribution in [1.82, 2.24) is 0 Å². The van der Waals surface area contributed by atoms with E-state index in [-0.39, 0.29) is 12.6 Å². The molecule has 4 nitrogen and oxygen atoms in total. The highest BCUT2D eigenvalue weighted by molar-refractivity contribution is 5.69. The van der Waals surface area contributed by atoms with Crippen LogP contribution in [-0.2, 0) is 16.1 Å². The number of aliphatic hydroxyl groups is 1. The van der Waals surface area contributed by atoms with Gasteiger partial charge in [-0.3, -0.25) is 4.79 Å². The number of ether oxygens (including phenoxy) is 1. The lowest BCUT2D eigenvalue weighted by molar-refractivity contribution is -0.142. The summed E-state index contributed by atoms with van der Waals surface area (Å²) in [6, 6.07) is 6.80. The molecule has 0 unspecified atom stereocenters. The van der Waals surface area contributed by atoms with Gasteiger partial charge in [0.25, 0.3) is 0 Å². The van der Waals surface area contributed by atoms with Gasteiger partial charge < -0.3 is 14.7 Å². The molecule has 0 bridgehead atoms. The number of anilines is 1. The highest BCUT2D eigenvalue weighted by atomic mass is 16.5. The summed E-state index contributed by atoms with van der Waals surface area (Å²) in [6.07, 6.45) is 4.86. The van der Waals surface area contributed by atoms with Crippen LogP contribution in [-0.4, -0.2) is 30.8 Å². The Hall–Kier alpha value is -1.55. The lowest BCUT2D eigenvalue weighted by Crippen LogP contribution is -2.39. The van der Waals surface area contributed by atoms with E-state index in [1.165, 1.54) is 12.7 Å². The molecule has 1 fully saturated rings. The summed E-state index contributed by atoms with van der Waals surface area (Å²) in [5.41, 5.74) is 3.33. The second kappa shape index (κ2) is 8.34. The molecule has 4 heteroatoms. The van der Waals surface area contributed by atoms with Crippen LogP contribution in [0.4, 0.5) is 5.69 Å². The van der Waals surface area contributed by atoms with Crippen LogP contribution < -0.4 is 4.90 Å². The Morgan fingerprint density at radius 3 is 2.57 bits per heavy atom. The van der Waals surface area contributed by atoms with Gasteiger partial charge >= 0.3 is 5.97 Å². The first-order chi connectivity index (χ1) is 11.1. The molecule has 0 saturated heterocycles. The molecule has 1 aliphatic carbocycles. The van der Waals surface area contributed by atoms with Crippen LogP contribution in [0, 0.1) is 12.8 Å². The molecule has 1 aliphatic rings. The molecule has 0 atom stereocenters. The third-order valence-electron chi connectivity index (χ3n) is 5.00. The van der Waals surface area contributed by atoms with Crippen molar-refractivity contribution < 1.29 is 14.6 Å². The van der Waals surface area contributed by atoms with Gasteiger partial charge in [0.05, 0.1) is 13.7 Å². The third-order valence-corrected chi connectivity index (χ3v) is 5.00. The fourth-order valence-corrected chi connectivity index (χ4v) is 3.73. The summed E-state index contributed by atoms with van der Waals surface area (Å²) >= 11 is 0. The van der Waals surface area contributed by atoms with Crippen molar-refractivity contribution in [3.8, 4) is 0 Å². The van der Waals surface area contributed by atoms with Crippen LogP contribution in [0.25, 0.3) is 0 Å². The van der Waals surface area contributed by atoms with Crippen molar-refractivity contribution in [3.63, 3.8) is 0 Å². The van der Waals surface area contributed by atoms with Crippen LogP contribution >= 0.6 is 0 Å². The molecular formula is C19H29NO3. The lowest BCUT2D eigenvalue weighted by Gasteiger charge is -2.38. The van der Waals surface area contributed by atoms with E-state index >= 15 is 0 Å². The summed E-state index contributed by atoms with van der Waals surface area (Å²) in [7, 11) is 1.46. The third kappa shape index (κ3) is 4.47. The maximum atomic E-state index is 11.4. The molecule has 2 rings (SSSR count). The van der Waals surface area contributed by atoms with Crippen molar-refractivity contribution in [3.05, 3.63) is 29.3 Å². The minimum Gasteiger partial charge on any atom is -0.469 e. The number of carbonyl (C=O) groups excluding carboxylic acids is 1. The molecule has 0 amide bonds. The van der Waals surface area contributed by atoms with Crippen LogP contribution in [0.1, 0.15) is 50.2 Å². The molecule has 128 valence electrons. The van der Waals surface area contributed by atoms with Crippen molar-refractivity contribution in [2.45, 2.75) is 58.6 Å². The fraction of sp³-hybridized carbons (Fsp3) is 0.632. The summed E-state index contributed by atoms with van der Waals surface area (Å²) < 4.78 is 4.78. The number of nitrogens with zero attached hydrogens (tertiary/aromatic N) is 1. The lowest BCUT2D eigenvalue weighted by atomic mass is 9.83. The minimum absolute atomic E-state index is 0.0746. The predicted molar refractivity (Wildman–Crippen MR) is 92.5 cm³/mol. The van der Waals surface area contributed by atoms with Gasteiger partial charge in [0.2, 0.25) is 0 Å². The zero-order valence-corrected chi connectivity index (χ0v) is 14.5. The molecule has 1 saturated carbocycles. The zero-order chi connectivity index (χ0) is 16.8. The van der Waals surface area contributed by atoms with Gasteiger partial charge in [-0.2, -0.15) is 0 Å². The quantitative estimate of drug-likeness (QED) is 0.816. The number of carbonyl (C=O) groups is 1. The predicted octanol–water partition coefficient (Wildman–Crippen LogP) is 3.44. The number of aliphatic hydroxyl groups excluding tert-OH is 1. The number of aryl methyl sites for hydroxylation is 1. The van der Waals surface area contributed by atoms with Gasteiger partial charge in [0.1, 0.15) is 0 Å². The molecule has 0 aliphatic heterocycles. The Labute approximate surface area is 139 Å². The topological polar surface area (TPSA) is 49.8 Å². The van der Waals surface area contributed by atoms with Gasteiger partial charge in [-0.25, -0.2) is 0 Å². The average Bonchev–Trinajstić information content (AvgIpc) is 2.58. The molecule has 0 heterocycles. The molecule has 0 radical (unpaired) electrons. The second-order valence-corrected chi connectivity index (χ2v) is 6.53. The van der Waals surface area contributed by atoms with Crippen LogP contribution in [0.2, 0.25) is 0 Å².